The van der Waals surface area contributed by atoms with Gasteiger partial charge in [0.25, 0.3) is 0 Å². The predicted molar refractivity (Wildman–Crippen MR) is 63.9 cm³/mol. The van der Waals surface area contributed by atoms with Gasteiger partial charge in [-0.25, -0.2) is 9.59 Å². The fourth-order valence-corrected chi connectivity index (χ4v) is 0.626. The van der Waals surface area contributed by atoms with Crippen LogP contribution in [0.4, 0.5) is 4.79 Å². The smallest absolute Gasteiger partial charge is 0.412 e. The summed E-state index contributed by atoms with van der Waals surface area (Å²) < 4.78 is 9.04. The number of amides is 1. The van der Waals surface area contributed by atoms with E-state index in [1.165, 1.54) is 6.92 Å². The zero-order valence-electron chi connectivity index (χ0n) is 10.6. The van der Waals surface area contributed by atoms with Gasteiger partial charge in [0.2, 0.25) is 0 Å². The zero-order valence-corrected chi connectivity index (χ0v) is 10.6. The maximum atomic E-state index is 10.6. The third kappa shape index (κ3) is 16.5. The average Bonchev–Trinajstić information content (AvgIpc) is 2.24. The van der Waals surface area contributed by atoms with E-state index in [1.54, 1.807) is 0 Å². The van der Waals surface area contributed by atoms with E-state index < -0.39 is 18.0 Å². The molecule has 0 aliphatic heterocycles. The summed E-state index contributed by atoms with van der Waals surface area (Å²) >= 11 is 0. The summed E-state index contributed by atoms with van der Waals surface area (Å²) in [6.45, 7) is 7.57. The number of aliphatic carboxylic acids is 1. The van der Waals surface area contributed by atoms with Gasteiger partial charge in [0.15, 0.2) is 0 Å². The Hall–Kier alpha value is -1.89. The first kappa shape index (κ1) is 18.5. The van der Waals surface area contributed by atoms with Crippen molar-refractivity contribution in [2.45, 2.75) is 26.7 Å². The molecule has 104 valence electrons. The van der Waals surface area contributed by atoms with Crippen molar-refractivity contribution < 1.29 is 29.0 Å². The molecule has 0 spiro atoms. The predicted octanol–water partition coefficient (Wildman–Crippen LogP) is 1.07. The summed E-state index contributed by atoms with van der Waals surface area (Å²) in [4.78, 5) is 30.3. The first-order valence-corrected chi connectivity index (χ1v) is 5.27. The van der Waals surface area contributed by atoms with Crippen molar-refractivity contribution >= 4 is 18.0 Å². The molecular weight excluding hydrogens is 242 g/mol. The SMILES string of the molecule is C=C(C)C(=O)O.CCOCCCC(=O)OC(N)=O. The molecule has 3 N–H and O–H groups in total. The van der Waals surface area contributed by atoms with Gasteiger partial charge in [-0.3, -0.25) is 4.79 Å². The molecule has 0 unspecified atom stereocenters. The highest BCUT2D eigenvalue weighted by molar-refractivity contribution is 5.84. The van der Waals surface area contributed by atoms with Crippen LogP contribution in [0.25, 0.3) is 0 Å². The lowest BCUT2D eigenvalue weighted by Crippen LogP contribution is -2.18. The van der Waals surface area contributed by atoms with Crippen molar-refractivity contribution in [2.75, 3.05) is 13.2 Å². The molecular formula is C11H19NO6. The first-order chi connectivity index (χ1) is 8.31. The zero-order chi connectivity index (χ0) is 14.6. The van der Waals surface area contributed by atoms with Gasteiger partial charge in [-0.1, -0.05) is 6.58 Å². The van der Waals surface area contributed by atoms with E-state index in [1.807, 2.05) is 6.92 Å². The van der Waals surface area contributed by atoms with Crippen LogP contribution in [-0.2, 0) is 19.1 Å². The number of hydrogen-bond donors (Lipinski definition) is 2. The highest BCUT2D eigenvalue weighted by atomic mass is 16.6. The van der Waals surface area contributed by atoms with Crippen molar-refractivity contribution in [3.63, 3.8) is 0 Å². The minimum Gasteiger partial charge on any atom is -0.478 e. The molecule has 0 aromatic heterocycles. The molecule has 0 aromatic carbocycles. The van der Waals surface area contributed by atoms with Crippen molar-refractivity contribution in [1.29, 1.82) is 0 Å². The van der Waals surface area contributed by atoms with Gasteiger partial charge in [-0.15, -0.1) is 0 Å². The number of esters is 1. The van der Waals surface area contributed by atoms with Gasteiger partial charge in [0.1, 0.15) is 0 Å². The lowest BCUT2D eigenvalue weighted by atomic mass is 10.3. The lowest BCUT2D eigenvalue weighted by Gasteiger charge is -1.99. The van der Waals surface area contributed by atoms with E-state index in [0.717, 1.165) is 0 Å². The minimum atomic E-state index is -1.06. The summed E-state index contributed by atoms with van der Waals surface area (Å²) in [7, 11) is 0. The molecule has 7 nitrogen and oxygen atoms in total. The van der Waals surface area contributed by atoms with Crippen LogP contribution in [0.5, 0.6) is 0 Å². The van der Waals surface area contributed by atoms with Crippen LogP contribution in [0, 0.1) is 0 Å². The van der Waals surface area contributed by atoms with Crippen molar-refractivity contribution in [3.8, 4) is 0 Å². The van der Waals surface area contributed by atoms with Crippen LogP contribution >= 0.6 is 0 Å². The monoisotopic (exact) mass is 261 g/mol. The second-order valence-corrected chi connectivity index (χ2v) is 3.18. The number of carbonyl (C=O) groups is 3. The van der Waals surface area contributed by atoms with E-state index in [0.29, 0.717) is 19.6 Å². The third-order valence-corrected chi connectivity index (χ3v) is 1.45. The number of ether oxygens (including phenoxy) is 2. The molecule has 0 saturated carbocycles. The van der Waals surface area contributed by atoms with Crippen LogP contribution in [0.2, 0.25) is 0 Å². The molecule has 1 amide bonds. The van der Waals surface area contributed by atoms with E-state index in [2.05, 4.69) is 17.0 Å². The van der Waals surface area contributed by atoms with Crippen molar-refractivity contribution in [2.24, 2.45) is 5.73 Å². The summed E-state index contributed by atoms with van der Waals surface area (Å²) in [5.41, 5.74) is 4.79. The summed E-state index contributed by atoms with van der Waals surface area (Å²) in [6, 6.07) is 0. The summed E-state index contributed by atoms with van der Waals surface area (Å²) in [5.74, 6) is -1.54. The Morgan fingerprint density at radius 1 is 1.33 bits per heavy atom. The number of carbonyl (C=O) groups excluding carboxylic acids is 2. The molecule has 0 radical (unpaired) electrons. The molecule has 0 rings (SSSR count). The maximum Gasteiger partial charge on any atom is 0.412 e. The Kier molecular flexibility index (Phi) is 11.9. The second kappa shape index (κ2) is 11.6. The molecule has 0 atom stereocenters. The molecule has 0 aromatic rings. The van der Waals surface area contributed by atoms with Gasteiger partial charge in [0, 0.05) is 25.2 Å². The standard InChI is InChI=1S/C7H13NO4.C4H6O2/c1-2-11-5-3-4-6(9)12-7(8)10;1-3(2)4(5)6/h2-5H2,1H3,(H2,8,10);1H2,2H3,(H,5,6). The van der Waals surface area contributed by atoms with E-state index in [4.69, 9.17) is 9.84 Å². The Balaban J connectivity index is 0. The highest BCUT2D eigenvalue weighted by Crippen LogP contribution is 1.93. The average molecular weight is 261 g/mol. The molecule has 0 saturated heterocycles. The number of carboxylic acids is 1. The number of rotatable bonds is 6. The molecule has 18 heavy (non-hydrogen) atoms. The van der Waals surface area contributed by atoms with Crippen LogP contribution in [0.15, 0.2) is 12.2 Å². The molecule has 0 heterocycles. The van der Waals surface area contributed by atoms with Crippen LogP contribution in [0.1, 0.15) is 26.7 Å². The minimum absolute atomic E-state index is 0.156. The number of hydrogen-bond acceptors (Lipinski definition) is 5. The van der Waals surface area contributed by atoms with Gasteiger partial charge in [-0.2, -0.15) is 0 Å². The Bertz CT molecular complexity index is 288. The quantitative estimate of drug-likeness (QED) is 0.320. The molecule has 0 bridgehead atoms. The van der Waals surface area contributed by atoms with Crippen molar-refractivity contribution in [3.05, 3.63) is 12.2 Å². The molecule has 0 aliphatic carbocycles. The normalized spacial score (nSPS) is 8.78. The second-order valence-electron chi connectivity index (χ2n) is 3.18. The van der Waals surface area contributed by atoms with E-state index >= 15 is 0 Å². The number of primary amides is 1. The van der Waals surface area contributed by atoms with Gasteiger partial charge >= 0.3 is 18.0 Å². The van der Waals surface area contributed by atoms with E-state index in [9.17, 15) is 14.4 Å². The van der Waals surface area contributed by atoms with Crippen LogP contribution in [-0.4, -0.2) is 36.4 Å². The Morgan fingerprint density at radius 3 is 2.17 bits per heavy atom. The Morgan fingerprint density at radius 2 is 1.83 bits per heavy atom. The third-order valence-electron chi connectivity index (χ3n) is 1.45. The summed E-state index contributed by atoms with van der Waals surface area (Å²) in [6.07, 6.45) is -0.362. The highest BCUT2D eigenvalue weighted by Gasteiger charge is 2.05. The first-order valence-electron chi connectivity index (χ1n) is 5.27. The van der Waals surface area contributed by atoms with Crippen LogP contribution in [0.3, 0.4) is 0 Å². The van der Waals surface area contributed by atoms with Gasteiger partial charge < -0.3 is 20.3 Å². The topological polar surface area (TPSA) is 116 Å². The van der Waals surface area contributed by atoms with Crippen molar-refractivity contribution in [1.82, 2.24) is 0 Å². The number of carboxylic acid groups (broad SMARTS) is 1. The molecule has 0 fully saturated rings. The lowest BCUT2D eigenvalue weighted by molar-refractivity contribution is -0.137. The maximum absolute atomic E-state index is 10.6. The number of nitrogens with two attached hydrogens (primary N) is 1. The fourth-order valence-electron chi connectivity index (χ4n) is 0.626. The molecule has 0 aliphatic rings. The van der Waals surface area contributed by atoms with Gasteiger partial charge in [0.05, 0.1) is 0 Å². The van der Waals surface area contributed by atoms with Crippen LogP contribution < -0.4 is 5.73 Å². The van der Waals surface area contributed by atoms with Gasteiger partial charge in [-0.05, 0) is 20.3 Å². The fraction of sp³-hybridized carbons (Fsp3) is 0.545. The largest absolute Gasteiger partial charge is 0.478 e. The van der Waals surface area contributed by atoms with E-state index in [-0.39, 0.29) is 12.0 Å². The molecule has 7 heteroatoms. The summed E-state index contributed by atoms with van der Waals surface area (Å²) in [5, 5.41) is 7.89. The Labute approximate surface area is 106 Å².